The molecule has 0 saturated heterocycles. The number of nitrogens with zero attached hydrogens (tertiary/aromatic N) is 3. The van der Waals surface area contributed by atoms with Crippen molar-refractivity contribution < 1.29 is 14.2 Å². The first-order valence-electron chi connectivity index (χ1n) is 11.0. The fraction of sp³-hybridized carbons (Fsp3) is 0.385. The van der Waals surface area contributed by atoms with Gasteiger partial charge in [0.25, 0.3) is 0 Å². The van der Waals surface area contributed by atoms with Gasteiger partial charge in [-0.15, -0.1) is 0 Å². The molecule has 1 aliphatic rings. The van der Waals surface area contributed by atoms with Gasteiger partial charge >= 0.3 is 0 Å². The second-order valence-electron chi connectivity index (χ2n) is 8.34. The minimum Gasteiger partial charge on any atom is -0.493 e. The van der Waals surface area contributed by atoms with Crippen molar-refractivity contribution in [1.82, 2.24) is 9.47 Å². The Labute approximate surface area is 190 Å². The molecule has 0 fully saturated rings. The molecule has 0 spiro atoms. The molecule has 32 heavy (non-hydrogen) atoms. The Hall–Kier alpha value is -3.12. The van der Waals surface area contributed by atoms with Gasteiger partial charge in [0.1, 0.15) is 0 Å². The van der Waals surface area contributed by atoms with Crippen molar-refractivity contribution in [1.29, 1.82) is 0 Å². The fourth-order valence-corrected chi connectivity index (χ4v) is 4.64. The first-order valence-corrected chi connectivity index (χ1v) is 11.0. The molecule has 1 aliphatic heterocycles. The van der Waals surface area contributed by atoms with Gasteiger partial charge in [-0.1, -0.05) is 12.1 Å². The van der Waals surface area contributed by atoms with Crippen molar-refractivity contribution in [2.45, 2.75) is 25.6 Å². The molecule has 6 heteroatoms. The van der Waals surface area contributed by atoms with Crippen LogP contribution in [0.4, 0.5) is 5.69 Å². The average molecular weight is 436 g/mol. The number of anilines is 1. The van der Waals surface area contributed by atoms with Crippen LogP contribution in [0.1, 0.15) is 29.3 Å². The molecule has 2 aromatic carbocycles. The first kappa shape index (κ1) is 22.1. The lowest BCUT2D eigenvalue weighted by atomic mass is 9.99. The maximum atomic E-state index is 5.89. The van der Waals surface area contributed by atoms with E-state index in [-0.39, 0.29) is 6.04 Å². The van der Waals surface area contributed by atoms with Crippen LogP contribution in [-0.2, 0) is 13.1 Å². The SMILES string of the molecule is COc1ccc([C@@H]2c3cccn3CCCN2Cc2ccc(N(C)C)cc2)c(OC)c1OC. The zero-order valence-electron chi connectivity index (χ0n) is 19.7. The van der Waals surface area contributed by atoms with Crippen molar-refractivity contribution >= 4 is 5.69 Å². The van der Waals surface area contributed by atoms with E-state index in [4.69, 9.17) is 14.2 Å². The van der Waals surface area contributed by atoms with Crippen LogP contribution in [0.5, 0.6) is 17.2 Å². The molecule has 170 valence electrons. The zero-order chi connectivity index (χ0) is 22.7. The van der Waals surface area contributed by atoms with E-state index in [0.29, 0.717) is 11.5 Å². The Bertz CT molecular complexity index is 1040. The van der Waals surface area contributed by atoms with Crippen LogP contribution in [-0.4, -0.2) is 51.4 Å². The Balaban J connectivity index is 1.79. The van der Waals surface area contributed by atoms with Gasteiger partial charge in [0.05, 0.1) is 27.4 Å². The lowest BCUT2D eigenvalue weighted by molar-refractivity contribution is 0.214. The topological polar surface area (TPSA) is 39.1 Å². The molecule has 6 nitrogen and oxygen atoms in total. The standard InChI is InChI=1S/C26H33N3O3/c1-27(2)20-11-9-19(10-12-20)18-29-17-7-16-28-15-6-8-22(28)24(29)21-13-14-23(30-3)26(32-5)25(21)31-4/h6,8-15,24H,7,16-18H2,1-5H3/t24-/m1/s1. The third kappa shape index (κ3) is 4.15. The summed E-state index contributed by atoms with van der Waals surface area (Å²) in [5.41, 5.74) is 4.84. The van der Waals surface area contributed by atoms with Gasteiger partial charge in [0, 0.05) is 56.9 Å². The van der Waals surface area contributed by atoms with Crippen molar-refractivity contribution in [3.05, 3.63) is 71.5 Å². The molecule has 1 atom stereocenters. The average Bonchev–Trinajstić information content (AvgIpc) is 3.20. The summed E-state index contributed by atoms with van der Waals surface area (Å²) in [5.74, 6) is 2.02. The Morgan fingerprint density at radius 2 is 1.62 bits per heavy atom. The van der Waals surface area contributed by atoms with Crippen molar-refractivity contribution in [3.63, 3.8) is 0 Å². The number of hydrogen-bond donors (Lipinski definition) is 0. The number of hydrogen-bond acceptors (Lipinski definition) is 5. The molecule has 0 aliphatic carbocycles. The van der Waals surface area contributed by atoms with E-state index in [1.165, 1.54) is 16.9 Å². The summed E-state index contributed by atoms with van der Waals surface area (Å²) in [6.07, 6.45) is 3.26. The van der Waals surface area contributed by atoms with E-state index in [2.05, 4.69) is 77.1 Å². The normalized spacial score (nSPS) is 16.2. The fourth-order valence-electron chi connectivity index (χ4n) is 4.64. The molecule has 0 bridgehead atoms. The quantitative estimate of drug-likeness (QED) is 0.543. The molecule has 0 saturated carbocycles. The molecule has 0 radical (unpaired) electrons. The zero-order valence-corrected chi connectivity index (χ0v) is 19.7. The van der Waals surface area contributed by atoms with Crippen LogP contribution in [0, 0.1) is 0 Å². The van der Waals surface area contributed by atoms with E-state index in [1.54, 1.807) is 21.3 Å². The van der Waals surface area contributed by atoms with Gasteiger partial charge in [0.2, 0.25) is 5.75 Å². The molecule has 4 rings (SSSR count). The highest BCUT2D eigenvalue weighted by atomic mass is 16.5. The number of aryl methyl sites for hydroxylation is 1. The maximum Gasteiger partial charge on any atom is 0.203 e. The summed E-state index contributed by atoms with van der Waals surface area (Å²) in [7, 11) is 9.14. The molecular formula is C26H33N3O3. The molecule has 1 aromatic heterocycles. The number of fused-ring (bicyclic) bond motifs is 1. The summed E-state index contributed by atoms with van der Waals surface area (Å²) >= 11 is 0. The maximum absolute atomic E-state index is 5.89. The largest absolute Gasteiger partial charge is 0.493 e. The first-order chi connectivity index (χ1) is 15.6. The van der Waals surface area contributed by atoms with E-state index >= 15 is 0 Å². The van der Waals surface area contributed by atoms with Crippen LogP contribution in [0.25, 0.3) is 0 Å². The predicted octanol–water partition coefficient (Wildman–Crippen LogP) is 4.58. The van der Waals surface area contributed by atoms with E-state index < -0.39 is 0 Å². The minimum absolute atomic E-state index is 0.0378. The summed E-state index contributed by atoms with van der Waals surface area (Å²) in [5, 5.41) is 0. The number of ether oxygens (including phenoxy) is 3. The summed E-state index contributed by atoms with van der Waals surface area (Å²) in [4.78, 5) is 4.66. The third-order valence-electron chi connectivity index (χ3n) is 6.22. The number of rotatable bonds is 7. The van der Waals surface area contributed by atoms with Gasteiger partial charge in [-0.25, -0.2) is 0 Å². The Morgan fingerprint density at radius 3 is 2.28 bits per heavy atom. The second-order valence-corrected chi connectivity index (χ2v) is 8.34. The number of aromatic nitrogens is 1. The summed E-state index contributed by atoms with van der Waals surface area (Å²) in [6, 6.07) is 17.3. The lowest BCUT2D eigenvalue weighted by Gasteiger charge is -2.32. The summed E-state index contributed by atoms with van der Waals surface area (Å²) < 4.78 is 19.5. The van der Waals surface area contributed by atoms with Crippen LogP contribution < -0.4 is 19.1 Å². The molecule has 2 heterocycles. The second kappa shape index (κ2) is 9.57. The monoisotopic (exact) mass is 435 g/mol. The highest BCUT2D eigenvalue weighted by molar-refractivity contribution is 5.58. The molecule has 0 amide bonds. The van der Waals surface area contributed by atoms with Crippen molar-refractivity contribution in [2.75, 3.05) is 46.9 Å². The predicted molar refractivity (Wildman–Crippen MR) is 128 cm³/mol. The van der Waals surface area contributed by atoms with Gasteiger partial charge < -0.3 is 23.7 Å². The summed E-state index contributed by atoms with van der Waals surface area (Å²) in [6.45, 7) is 2.84. The van der Waals surface area contributed by atoms with Gasteiger partial charge in [-0.05, 0) is 48.4 Å². The van der Waals surface area contributed by atoms with Crippen LogP contribution in [0.15, 0.2) is 54.7 Å². The highest BCUT2D eigenvalue weighted by Crippen LogP contribution is 2.46. The van der Waals surface area contributed by atoms with Crippen LogP contribution in [0.2, 0.25) is 0 Å². The smallest absolute Gasteiger partial charge is 0.203 e. The Kier molecular flexibility index (Phi) is 6.61. The van der Waals surface area contributed by atoms with Crippen LogP contribution >= 0.6 is 0 Å². The third-order valence-corrected chi connectivity index (χ3v) is 6.22. The van der Waals surface area contributed by atoms with E-state index in [1.807, 2.05) is 6.07 Å². The van der Waals surface area contributed by atoms with Gasteiger partial charge in [-0.2, -0.15) is 0 Å². The van der Waals surface area contributed by atoms with Crippen molar-refractivity contribution in [3.8, 4) is 17.2 Å². The molecule has 0 unspecified atom stereocenters. The Morgan fingerprint density at radius 1 is 0.875 bits per heavy atom. The molecular weight excluding hydrogens is 402 g/mol. The molecule has 0 N–H and O–H groups in total. The number of methoxy groups -OCH3 is 3. The number of benzene rings is 2. The van der Waals surface area contributed by atoms with E-state index in [0.717, 1.165) is 37.4 Å². The minimum atomic E-state index is 0.0378. The molecule has 3 aromatic rings. The van der Waals surface area contributed by atoms with Crippen molar-refractivity contribution in [2.24, 2.45) is 0 Å². The lowest BCUT2D eigenvalue weighted by Crippen LogP contribution is -2.30. The highest BCUT2D eigenvalue weighted by Gasteiger charge is 2.31. The van der Waals surface area contributed by atoms with Crippen LogP contribution in [0.3, 0.4) is 0 Å². The van der Waals surface area contributed by atoms with Gasteiger partial charge in [0.15, 0.2) is 11.5 Å². The van der Waals surface area contributed by atoms with E-state index in [9.17, 15) is 0 Å². The van der Waals surface area contributed by atoms with Gasteiger partial charge in [-0.3, -0.25) is 4.90 Å².